The van der Waals surface area contributed by atoms with Crippen molar-refractivity contribution in [2.24, 2.45) is 0 Å². The number of hydrogen-bond acceptors (Lipinski definition) is 5. The Balaban J connectivity index is 1.65. The topological polar surface area (TPSA) is 73.1 Å². The summed E-state index contributed by atoms with van der Waals surface area (Å²) in [5, 5.41) is 0.158. The molecule has 3 heterocycles. The maximum Gasteiger partial charge on any atom is 0.290 e. The summed E-state index contributed by atoms with van der Waals surface area (Å²) in [6, 6.07) is 7.77. The number of ether oxygens (including phenoxy) is 1. The van der Waals surface area contributed by atoms with E-state index < -0.39 is 0 Å². The van der Waals surface area contributed by atoms with Crippen molar-refractivity contribution in [3.05, 3.63) is 58.9 Å². The number of amides is 1. The van der Waals surface area contributed by atoms with Crippen LogP contribution in [-0.2, 0) is 13.1 Å². The first-order chi connectivity index (χ1) is 13.5. The Morgan fingerprint density at radius 1 is 1.32 bits per heavy atom. The summed E-state index contributed by atoms with van der Waals surface area (Å²) in [5.41, 5.74) is 3.13. The van der Waals surface area contributed by atoms with Crippen LogP contribution in [0.3, 0.4) is 0 Å². The zero-order valence-corrected chi connectivity index (χ0v) is 16.6. The van der Waals surface area contributed by atoms with E-state index in [2.05, 4.69) is 15.0 Å². The van der Waals surface area contributed by atoms with Crippen molar-refractivity contribution in [2.45, 2.75) is 33.0 Å². The Morgan fingerprint density at radius 3 is 2.93 bits per heavy atom. The zero-order valence-electron chi connectivity index (χ0n) is 15.9. The quantitative estimate of drug-likeness (QED) is 0.631. The number of carbonyl (C=O) groups is 1. The van der Waals surface area contributed by atoms with Crippen LogP contribution in [0.4, 0.5) is 0 Å². The fourth-order valence-corrected chi connectivity index (χ4v) is 3.56. The minimum Gasteiger partial charge on any atom is -0.497 e. The standard InChI is InChI=1S/C20H20ClN5O2/c1-12-8-22-20(21)24-17(12)16-11-25-9-13(2)26(19(27)18(25)23-16)10-14-5-4-6-15(7-14)28-3/h4-8,11,13H,9-10H2,1-3H3/t13-/m0/s1. The van der Waals surface area contributed by atoms with Gasteiger partial charge in [0.05, 0.1) is 12.8 Å². The SMILES string of the molecule is COc1cccc(CN2C(=O)c3nc(-c4nc(Cl)ncc4C)cn3C[C@@H]2C)c1. The van der Waals surface area contributed by atoms with Crippen molar-refractivity contribution in [3.63, 3.8) is 0 Å². The second kappa shape index (κ2) is 7.24. The van der Waals surface area contributed by atoms with Gasteiger partial charge in [-0.1, -0.05) is 12.1 Å². The van der Waals surface area contributed by atoms with Gasteiger partial charge < -0.3 is 14.2 Å². The van der Waals surface area contributed by atoms with E-state index in [1.54, 1.807) is 13.3 Å². The molecule has 0 spiro atoms. The van der Waals surface area contributed by atoms with Crippen LogP contribution < -0.4 is 4.74 Å². The summed E-state index contributed by atoms with van der Waals surface area (Å²) in [6.45, 7) is 5.09. The molecule has 0 bridgehead atoms. The first-order valence-corrected chi connectivity index (χ1v) is 9.34. The number of aromatic nitrogens is 4. The average Bonchev–Trinajstić information content (AvgIpc) is 3.11. The van der Waals surface area contributed by atoms with Crippen LogP contribution in [0, 0.1) is 6.92 Å². The summed E-state index contributed by atoms with van der Waals surface area (Å²) in [7, 11) is 1.63. The van der Waals surface area contributed by atoms with E-state index in [0.717, 1.165) is 16.9 Å². The van der Waals surface area contributed by atoms with E-state index in [4.69, 9.17) is 16.3 Å². The highest BCUT2D eigenvalue weighted by atomic mass is 35.5. The van der Waals surface area contributed by atoms with Gasteiger partial charge in [-0.15, -0.1) is 0 Å². The van der Waals surface area contributed by atoms with Crippen LogP contribution >= 0.6 is 11.6 Å². The normalized spacial score (nSPS) is 16.2. The lowest BCUT2D eigenvalue weighted by atomic mass is 10.1. The molecule has 0 fully saturated rings. The van der Waals surface area contributed by atoms with Crippen molar-refractivity contribution < 1.29 is 9.53 Å². The molecule has 28 heavy (non-hydrogen) atoms. The highest BCUT2D eigenvalue weighted by Crippen LogP contribution is 2.26. The molecule has 0 saturated carbocycles. The molecule has 7 nitrogen and oxygen atoms in total. The van der Waals surface area contributed by atoms with Gasteiger partial charge >= 0.3 is 0 Å². The molecule has 2 aromatic heterocycles. The Bertz CT molecular complexity index is 1050. The lowest BCUT2D eigenvalue weighted by Gasteiger charge is -2.33. The Morgan fingerprint density at radius 2 is 2.14 bits per heavy atom. The van der Waals surface area contributed by atoms with Gasteiger partial charge in [-0.3, -0.25) is 4.79 Å². The van der Waals surface area contributed by atoms with Gasteiger partial charge in [-0.2, -0.15) is 0 Å². The maximum absolute atomic E-state index is 13.1. The fraction of sp³-hybridized carbons (Fsp3) is 0.300. The first kappa shape index (κ1) is 18.4. The molecule has 0 aliphatic carbocycles. The number of fused-ring (bicyclic) bond motifs is 1. The van der Waals surface area contributed by atoms with Crippen molar-refractivity contribution in [1.82, 2.24) is 24.4 Å². The Kier molecular flexibility index (Phi) is 4.77. The molecule has 0 radical (unpaired) electrons. The average molecular weight is 398 g/mol. The monoisotopic (exact) mass is 397 g/mol. The molecule has 3 aromatic rings. The lowest BCUT2D eigenvalue weighted by Crippen LogP contribution is -2.46. The highest BCUT2D eigenvalue weighted by molar-refractivity contribution is 6.28. The number of benzene rings is 1. The summed E-state index contributed by atoms with van der Waals surface area (Å²) >= 11 is 5.94. The van der Waals surface area contributed by atoms with Gasteiger partial charge in [0.25, 0.3) is 5.91 Å². The smallest absolute Gasteiger partial charge is 0.290 e. The summed E-state index contributed by atoms with van der Waals surface area (Å²) in [5.74, 6) is 1.07. The van der Waals surface area contributed by atoms with E-state index >= 15 is 0 Å². The Labute approximate surface area is 168 Å². The Hall–Kier alpha value is -2.93. The maximum atomic E-state index is 13.1. The van der Waals surface area contributed by atoms with Crippen LogP contribution in [0.1, 0.15) is 28.7 Å². The minimum absolute atomic E-state index is 0.0309. The molecule has 0 saturated heterocycles. The minimum atomic E-state index is -0.106. The molecule has 8 heteroatoms. The van der Waals surface area contributed by atoms with E-state index in [0.29, 0.717) is 30.3 Å². The van der Waals surface area contributed by atoms with Crippen molar-refractivity contribution >= 4 is 17.5 Å². The van der Waals surface area contributed by atoms with Crippen LogP contribution in [0.25, 0.3) is 11.4 Å². The second-order valence-corrected chi connectivity index (χ2v) is 7.24. The molecule has 4 rings (SSSR count). The molecule has 144 valence electrons. The van der Waals surface area contributed by atoms with Crippen molar-refractivity contribution in [1.29, 1.82) is 0 Å². The molecular formula is C20H20ClN5O2. The van der Waals surface area contributed by atoms with Crippen LogP contribution in [-0.4, -0.2) is 43.5 Å². The molecule has 1 amide bonds. The fourth-order valence-electron chi connectivity index (χ4n) is 3.43. The number of aryl methyl sites for hydroxylation is 1. The number of hydrogen-bond donors (Lipinski definition) is 0. The molecule has 1 aliphatic heterocycles. The first-order valence-electron chi connectivity index (χ1n) is 8.97. The largest absolute Gasteiger partial charge is 0.497 e. The van der Waals surface area contributed by atoms with Gasteiger partial charge in [0, 0.05) is 31.5 Å². The van der Waals surface area contributed by atoms with Crippen LogP contribution in [0.2, 0.25) is 5.28 Å². The molecule has 0 N–H and O–H groups in total. The lowest BCUT2D eigenvalue weighted by molar-refractivity contribution is 0.0587. The van der Waals surface area contributed by atoms with Gasteiger partial charge in [0.15, 0.2) is 5.82 Å². The van der Waals surface area contributed by atoms with E-state index in [1.165, 1.54) is 0 Å². The number of halogens is 1. The molecular weight excluding hydrogens is 378 g/mol. The third kappa shape index (κ3) is 3.33. The number of methoxy groups -OCH3 is 1. The van der Waals surface area contributed by atoms with Gasteiger partial charge in [-0.25, -0.2) is 15.0 Å². The van der Waals surface area contributed by atoms with Gasteiger partial charge in [-0.05, 0) is 48.7 Å². The van der Waals surface area contributed by atoms with E-state index in [9.17, 15) is 4.79 Å². The zero-order chi connectivity index (χ0) is 19.8. The van der Waals surface area contributed by atoms with Gasteiger partial charge in [0.1, 0.15) is 11.4 Å². The molecule has 1 aliphatic rings. The summed E-state index contributed by atoms with van der Waals surface area (Å²) in [4.78, 5) is 27.8. The number of imidazole rings is 1. The third-order valence-corrected chi connectivity index (χ3v) is 5.08. The van der Waals surface area contributed by atoms with Crippen LogP contribution in [0.5, 0.6) is 5.75 Å². The highest BCUT2D eigenvalue weighted by Gasteiger charge is 2.32. The van der Waals surface area contributed by atoms with Crippen molar-refractivity contribution in [3.8, 4) is 17.1 Å². The van der Waals surface area contributed by atoms with Gasteiger partial charge in [0.2, 0.25) is 5.28 Å². The molecule has 0 unspecified atom stereocenters. The van der Waals surface area contributed by atoms with Crippen molar-refractivity contribution in [2.75, 3.05) is 7.11 Å². The van der Waals surface area contributed by atoms with E-state index in [-0.39, 0.29) is 17.2 Å². The van der Waals surface area contributed by atoms with E-state index in [1.807, 2.05) is 53.8 Å². The number of nitrogens with zero attached hydrogens (tertiary/aromatic N) is 5. The predicted molar refractivity (Wildman–Crippen MR) is 105 cm³/mol. The number of carbonyl (C=O) groups excluding carboxylic acids is 1. The molecule has 1 aromatic carbocycles. The molecule has 1 atom stereocenters. The third-order valence-electron chi connectivity index (χ3n) is 4.89. The van der Waals surface area contributed by atoms with Crippen LogP contribution in [0.15, 0.2) is 36.7 Å². The summed E-state index contributed by atoms with van der Waals surface area (Å²) < 4.78 is 7.17. The summed E-state index contributed by atoms with van der Waals surface area (Å²) in [6.07, 6.45) is 3.51. The predicted octanol–water partition coefficient (Wildman–Crippen LogP) is 3.36. The second-order valence-electron chi connectivity index (χ2n) is 6.91. The number of rotatable bonds is 4.